The predicted octanol–water partition coefficient (Wildman–Crippen LogP) is 2.36. The molecule has 1 heteroatoms. The van der Waals surface area contributed by atoms with Gasteiger partial charge in [-0.05, 0) is 0 Å². The van der Waals surface area contributed by atoms with Gasteiger partial charge in [0, 0.05) is 0 Å². The standard InChI is InChI=1S/C13H11.Na/c1-2-5-11-8-9-12-6-3-4-7-13(12)10-11;/h2-4,6-9H,1,5H2;. The van der Waals surface area contributed by atoms with Gasteiger partial charge in [0.25, 0.3) is 0 Å². The van der Waals surface area contributed by atoms with Crippen molar-refractivity contribution in [1.82, 2.24) is 0 Å². The molecule has 0 fully saturated rings. The summed E-state index contributed by atoms with van der Waals surface area (Å²) >= 11 is 1.11. The van der Waals surface area contributed by atoms with Crippen molar-refractivity contribution in [3.05, 3.63) is 54.6 Å². The molecule has 0 unspecified atom stereocenters. The Hall–Kier alpha value is -0.560. The third kappa shape index (κ3) is 1.78. The second-order valence-electron chi connectivity index (χ2n) is 3.56. The predicted molar refractivity (Wildman–Crippen MR) is 63.2 cm³/mol. The zero-order chi connectivity index (χ0) is 9.97. The Morgan fingerprint density at radius 3 is 2.71 bits per heavy atom. The Bertz CT molecular complexity index is 472. The van der Waals surface area contributed by atoms with Crippen LogP contribution in [0, 0.1) is 0 Å². The maximum absolute atomic E-state index is 3.79. The Kier molecular flexibility index (Phi) is 3.07. The minimum atomic E-state index is 0.990. The molecule has 2 aromatic carbocycles. The second-order valence-corrected chi connectivity index (χ2v) is 4.56. The number of hydrogen-bond acceptors (Lipinski definition) is 0. The fraction of sp³-hybridized carbons (Fsp3) is 0.0769. The van der Waals surface area contributed by atoms with Crippen LogP contribution < -0.4 is 2.81 Å². The van der Waals surface area contributed by atoms with E-state index in [1.165, 1.54) is 19.1 Å². The first-order valence-corrected chi connectivity index (χ1v) is 5.91. The van der Waals surface area contributed by atoms with Gasteiger partial charge in [-0.15, -0.1) is 0 Å². The number of benzene rings is 2. The maximum atomic E-state index is 3.79. The first kappa shape index (κ1) is 9.97. The van der Waals surface area contributed by atoms with E-state index in [0.29, 0.717) is 0 Å². The van der Waals surface area contributed by atoms with E-state index in [1.807, 2.05) is 6.08 Å². The summed E-state index contributed by atoms with van der Waals surface area (Å²) in [6.07, 6.45) is 2.97. The summed E-state index contributed by atoms with van der Waals surface area (Å²) in [5.41, 5.74) is 1.44. The fourth-order valence-electron chi connectivity index (χ4n) is 1.85. The molecule has 0 amide bonds. The summed E-state index contributed by atoms with van der Waals surface area (Å²) in [7, 11) is 0. The summed E-state index contributed by atoms with van der Waals surface area (Å²) in [4.78, 5) is 0. The fourth-order valence-corrected chi connectivity index (χ4v) is 2.67. The van der Waals surface area contributed by atoms with Crippen molar-refractivity contribution in [2.45, 2.75) is 6.42 Å². The molecule has 0 saturated heterocycles. The van der Waals surface area contributed by atoms with E-state index in [-0.39, 0.29) is 0 Å². The van der Waals surface area contributed by atoms with Crippen molar-refractivity contribution in [2.24, 2.45) is 0 Å². The van der Waals surface area contributed by atoms with Gasteiger partial charge in [0.15, 0.2) is 0 Å². The number of rotatable bonds is 2. The van der Waals surface area contributed by atoms with Crippen LogP contribution in [-0.2, 0) is 6.42 Å². The Labute approximate surface area is 102 Å². The van der Waals surface area contributed by atoms with E-state index in [1.54, 1.807) is 0 Å². The average molecular weight is 190 g/mol. The zero-order valence-electron chi connectivity index (χ0n) is 8.46. The molecule has 2 rings (SSSR count). The van der Waals surface area contributed by atoms with Crippen LogP contribution >= 0.6 is 0 Å². The van der Waals surface area contributed by atoms with Crippen molar-refractivity contribution in [3.63, 3.8) is 0 Å². The minimum absolute atomic E-state index is 0.990. The zero-order valence-corrected chi connectivity index (χ0v) is 10.5. The first-order chi connectivity index (χ1) is 6.83. The van der Waals surface area contributed by atoms with Crippen LogP contribution in [0.4, 0.5) is 0 Å². The molecule has 0 heterocycles. The molecule has 0 radical (unpaired) electrons. The van der Waals surface area contributed by atoms with E-state index < -0.39 is 0 Å². The molecule has 0 bridgehead atoms. The van der Waals surface area contributed by atoms with Crippen molar-refractivity contribution in [1.29, 1.82) is 0 Å². The number of hydrogen-bond donors (Lipinski definition) is 0. The molecular formula is C13H11Na. The summed E-state index contributed by atoms with van der Waals surface area (Å²) in [5, 5.41) is 2.77. The molecule has 0 atom stereocenters. The van der Waals surface area contributed by atoms with Crippen LogP contribution in [0.1, 0.15) is 5.56 Å². The summed E-state index contributed by atoms with van der Waals surface area (Å²) < 4.78 is 1.52. The molecule has 0 aliphatic carbocycles. The summed E-state index contributed by atoms with van der Waals surface area (Å²) in [6, 6.07) is 13.0. The van der Waals surface area contributed by atoms with E-state index in [9.17, 15) is 0 Å². The van der Waals surface area contributed by atoms with Crippen molar-refractivity contribution in [2.75, 3.05) is 0 Å². The van der Waals surface area contributed by atoms with E-state index in [4.69, 9.17) is 0 Å². The van der Waals surface area contributed by atoms with Gasteiger partial charge in [-0.1, -0.05) is 0 Å². The molecule has 0 spiro atoms. The number of fused-ring (bicyclic) bond motifs is 1. The Morgan fingerprint density at radius 1 is 1.14 bits per heavy atom. The van der Waals surface area contributed by atoms with Crippen molar-refractivity contribution >= 4 is 41.5 Å². The van der Waals surface area contributed by atoms with Crippen LogP contribution in [0.2, 0.25) is 0 Å². The molecular weight excluding hydrogens is 179 g/mol. The molecule has 2 aromatic rings. The second kappa shape index (κ2) is 4.31. The third-order valence-corrected chi connectivity index (χ3v) is 3.86. The average Bonchev–Trinajstić information content (AvgIpc) is 2.23. The van der Waals surface area contributed by atoms with Crippen molar-refractivity contribution in [3.8, 4) is 0 Å². The van der Waals surface area contributed by atoms with Gasteiger partial charge in [0.1, 0.15) is 0 Å². The molecule has 14 heavy (non-hydrogen) atoms. The molecule has 0 N–H and O–H groups in total. The van der Waals surface area contributed by atoms with Gasteiger partial charge >= 0.3 is 103 Å². The molecule has 0 aromatic heterocycles. The van der Waals surface area contributed by atoms with Crippen LogP contribution in [0.5, 0.6) is 0 Å². The van der Waals surface area contributed by atoms with Gasteiger partial charge in [0.05, 0.1) is 0 Å². The SMILES string of the molecule is C=CCc1ccc2ccccc2[c]1[Na]. The third-order valence-electron chi connectivity index (χ3n) is 2.67. The Balaban J connectivity index is 2.68. The Morgan fingerprint density at radius 2 is 1.93 bits per heavy atom. The van der Waals surface area contributed by atoms with Gasteiger partial charge in [0.2, 0.25) is 0 Å². The van der Waals surface area contributed by atoms with Crippen molar-refractivity contribution < 1.29 is 0 Å². The quantitative estimate of drug-likeness (QED) is 0.503. The van der Waals surface area contributed by atoms with Gasteiger partial charge in [-0.3, -0.25) is 0 Å². The summed E-state index contributed by atoms with van der Waals surface area (Å²) in [6.45, 7) is 3.79. The summed E-state index contributed by atoms with van der Waals surface area (Å²) in [5.74, 6) is 0. The molecule has 0 aliphatic heterocycles. The number of allylic oxidation sites excluding steroid dienone is 1. The van der Waals surface area contributed by atoms with Gasteiger partial charge < -0.3 is 0 Å². The van der Waals surface area contributed by atoms with Gasteiger partial charge in [-0.25, -0.2) is 0 Å². The molecule has 0 nitrogen and oxygen atoms in total. The molecule has 0 aliphatic rings. The molecule has 0 saturated carbocycles. The molecule has 64 valence electrons. The van der Waals surface area contributed by atoms with E-state index in [0.717, 1.165) is 34.4 Å². The first-order valence-electron chi connectivity index (χ1n) is 4.91. The van der Waals surface area contributed by atoms with Crippen LogP contribution in [0.25, 0.3) is 10.8 Å². The van der Waals surface area contributed by atoms with Crippen LogP contribution in [0.15, 0.2) is 49.1 Å². The van der Waals surface area contributed by atoms with E-state index >= 15 is 0 Å². The van der Waals surface area contributed by atoms with E-state index in [2.05, 4.69) is 43.0 Å². The van der Waals surface area contributed by atoms with Crippen LogP contribution in [-0.4, -0.2) is 27.9 Å². The topological polar surface area (TPSA) is 0 Å². The monoisotopic (exact) mass is 190 g/mol. The normalized spacial score (nSPS) is 10.4. The van der Waals surface area contributed by atoms with Crippen LogP contribution in [0.3, 0.4) is 0 Å². The van der Waals surface area contributed by atoms with Gasteiger partial charge in [-0.2, -0.15) is 0 Å².